The number of amides is 2. The molecule has 0 radical (unpaired) electrons. The molecular weight excluding hydrogens is 564 g/mol. The molecule has 1 aliphatic heterocycles. The van der Waals surface area contributed by atoms with Crippen LogP contribution in [-0.2, 0) is 4.79 Å². The number of methoxy groups -OCH3 is 1. The molecule has 0 aliphatic carbocycles. The van der Waals surface area contributed by atoms with Gasteiger partial charge in [0, 0.05) is 31.6 Å². The molecule has 9 heteroatoms. The average Bonchev–Trinajstić information content (AvgIpc) is 3.22. The summed E-state index contributed by atoms with van der Waals surface area (Å²) in [7, 11) is 1.56. The number of nitrogens with one attached hydrogen (secondary N) is 2. The van der Waals surface area contributed by atoms with E-state index in [0.717, 1.165) is 21.9 Å². The van der Waals surface area contributed by atoms with Gasteiger partial charge in [0.25, 0.3) is 5.91 Å². The lowest BCUT2D eigenvalue weighted by molar-refractivity contribution is -0.133. The molecule has 1 fully saturated rings. The molecular formula is C36H42N6O3. The first-order chi connectivity index (χ1) is 21.9. The number of benzene rings is 4. The Morgan fingerprint density at radius 2 is 1.58 bits per heavy atom. The predicted molar refractivity (Wildman–Crippen MR) is 179 cm³/mol. The van der Waals surface area contributed by atoms with E-state index in [-0.39, 0.29) is 29.7 Å². The van der Waals surface area contributed by atoms with Crippen LogP contribution in [-0.4, -0.2) is 67.5 Å². The molecule has 3 atom stereocenters. The fourth-order valence-corrected chi connectivity index (χ4v) is 6.11. The summed E-state index contributed by atoms with van der Waals surface area (Å²) in [4.78, 5) is 34.0. The minimum absolute atomic E-state index is 0.0169. The molecule has 4 aromatic carbocycles. The van der Waals surface area contributed by atoms with E-state index in [1.807, 2.05) is 84.6 Å². The van der Waals surface area contributed by atoms with Crippen LogP contribution in [0.15, 0.2) is 102 Å². The van der Waals surface area contributed by atoms with Gasteiger partial charge in [0.15, 0.2) is 5.96 Å². The maximum atomic E-state index is 14.2. The molecule has 45 heavy (non-hydrogen) atoms. The first-order valence-electron chi connectivity index (χ1n) is 15.5. The Kier molecular flexibility index (Phi) is 10.3. The molecule has 2 amide bonds. The van der Waals surface area contributed by atoms with Crippen molar-refractivity contribution in [3.8, 4) is 5.75 Å². The van der Waals surface area contributed by atoms with E-state index < -0.39 is 12.1 Å². The normalized spacial score (nSPS) is 17.5. The lowest BCUT2D eigenvalue weighted by Gasteiger charge is -2.31. The number of aliphatic imine (C=N–C) groups is 1. The van der Waals surface area contributed by atoms with E-state index in [0.29, 0.717) is 43.8 Å². The van der Waals surface area contributed by atoms with Crippen molar-refractivity contribution in [2.45, 2.75) is 43.8 Å². The second-order valence-electron chi connectivity index (χ2n) is 11.4. The fraction of sp³-hybridized carbons (Fsp3) is 0.306. The predicted octanol–water partition coefficient (Wildman–Crippen LogP) is 4.02. The second kappa shape index (κ2) is 14.7. The van der Waals surface area contributed by atoms with E-state index in [4.69, 9.17) is 16.2 Å². The molecule has 1 unspecified atom stereocenters. The number of nitrogens with zero attached hydrogens (tertiary/aromatic N) is 2. The summed E-state index contributed by atoms with van der Waals surface area (Å²) in [6, 6.07) is 30.7. The van der Waals surface area contributed by atoms with Crippen molar-refractivity contribution >= 4 is 28.5 Å². The van der Waals surface area contributed by atoms with Crippen molar-refractivity contribution in [1.29, 1.82) is 0 Å². The number of fused-ring (bicyclic) bond motifs is 1. The third-order valence-electron chi connectivity index (χ3n) is 8.49. The van der Waals surface area contributed by atoms with Gasteiger partial charge in [0.05, 0.1) is 18.7 Å². The minimum Gasteiger partial charge on any atom is -0.496 e. The van der Waals surface area contributed by atoms with Crippen LogP contribution < -0.4 is 26.8 Å². The summed E-state index contributed by atoms with van der Waals surface area (Å²) >= 11 is 0. The van der Waals surface area contributed by atoms with E-state index in [2.05, 4.69) is 39.9 Å². The number of carbonyl (C=O) groups excluding carboxylic acids is 2. The third kappa shape index (κ3) is 7.61. The minimum atomic E-state index is -0.663. The molecule has 6 N–H and O–H groups in total. The lowest BCUT2D eigenvalue weighted by atomic mass is 9.90. The Morgan fingerprint density at radius 1 is 0.978 bits per heavy atom. The topological polar surface area (TPSA) is 135 Å². The Morgan fingerprint density at radius 3 is 2.16 bits per heavy atom. The van der Waals surface area contributed by atoms with E-state index in [9.17, 15) is 9.59 Å². The van der Waals surface area contributed by atoms with Gasteiger partial charge in [0.2, 0.25) is 5.91 Å². The van der Waals surface area contributed by atoms with Crippen molar-refractivity contribution in [3.05, 3.63) is 114 Å². The SMILES string of the molecule is CCC(N=C(N)N)[C@@H]1N[C@H](CNC(=O)c2cc3ccccc3cc2OC)CCN(CC(c2ccccc2)c2ccccc2)C1=O. The van der Waals surface area contributed by atoms with Crippen LogP contribution in [0.4, 0.5) is 0 Å². The number of rotatable bonds is 11. The van der Waals surface area contributed by atoms with Crippen LogP contribution in [0.1, 0.15) is 47.2 Å². The van der Waals surface area contributed by atoms with E-state index >= 15 is 0 Å². The molecule has 4 aromatic rings. The van der Waals surface area contributed by atoms with Crippen molar-refractivity contribution in [1.82, 2.24) is 15.5 Å². The van der Waals surface area contributed by atoms with Crippen molar-refractivity contribution in [2.75, 3.05) is 26.7 Å². The summed E-state index contributed by atoms with van der Waals surface area (Å²) < 4.78 is 5.56. The van der Waals surface area contributed by atoms with Gasteiger partial charge in [-0.15, -0.1) is 0 Å². The standard InChI is InChI=1S/C36H42N6O3/c1-3-31(41-36(37)38)33-35(44)42(23-30(24-12-6-4-7-13-24)25-14-8-5-9-15-25)19-18-28(40-33)22-39-34(43)29-20-26-16-10-11-17-27(26)21-32(29)45-2/h4-17,20-21,28,30-31,33,40H,3,18-19,22-23H2,1-2H3,(H,39,43)(H4,37,38,41)/t28-,31?,33-/m0/s1. The van der Waals surface area contributed by atoms with Gasteiger partial charge in [-0.25, -0.2) is 4.99 Å². The summed E-state index contributed by atoms with van der Waals surface area (Å²) in [5.74, 6) is 0.122. The highest BCUT2D eigenvalue weighted by Gasteiger charge is 2.37. The second-order valence-corrected chi connectivity index (χ2v) is 11.4. The summed E-state index contributed by atoms with van der Waals surface area (Å²) in [6.45, 7) is 3.28. The highest BCUT2D eigenvalue weighted by atomic mass is 16.5. The number of carbonyl (C=O) groups is 2. The van der Waals surface area contributed by atoms with Crippen LogP contribution in [0.5, 0.6) is 5.75 Å². The maximum absolute atomic E-state index is 14.2. The molecule has 1 saturated heterocycles. The molecule has 0 saturated carbocycles. The van der Waals surface area contributed by atoms with Crippen LogP contribution in [0.2, 0.25) is 0 Å². The third-order valence-corrected chi connectivity index (χ3v) is 8.49. The van der Waals surface area contributed by atoms with Gasteiger partial charge in [-0.1, -0.05) is 91.9 Å². The number of ether oxygens (including phenoxy) is 1. The zero-order valence-electron chi connectivity index (χ0n) is 25.9. The van der Waals surface area contributed by atoms with Gasteiger partial charge in [-0.3, -0.25) is 14.9 Å². The zero-order chi connectivity index (χ0) is 31.8. The number of nitrogens with two attached hydrogens (primary N) is 2. The molecule has 0 spiro atoms. The Bertz CT molecular complexity index is 1580. The van der Waals surface area contributed by atoms with Crippen molar-refractivity contribution in [2.24, 2.45) is 16.5 Å². The quantitative estimate of drug-likeness (QED) is 0.151. The fourth-order valence-electron chi connectivity index (χ4n) is 6.11. The molecule has 9 nitrogen and oxygen atoms in total. The van der Waals surface area contributed by atoms with Gasteiger partial charge in [-0.05, 0) is 46.9 Å². The van der Waals surface area contributed by atoms with Crippen molar-refractivity contribution < 1.29 is 14.3 Å². The monoisotopic (exact) mass is 606 g/mol. The summed E-state index contributed by atoms with van der Waals surface area (Å²) in [5.41, 5.74) is 14.3. The highest BCUT2D eigenvalue weighted by molar-refractivity contribution is 6.01. The zero-order valence-corrected chi connectivity index (χ0v) is 25.9. The van der Waals surface area contributed by atoms with Gasteiger partial charge in [0.1, 0.15) is 11.8 Å². The van der Waals surface area contributed by atoms with E-state index in [1.54, 1.807) is 7.11 Å². The molecule has 1 aliphatic rings. The number of hydrogen-bond donors (Lipinski definition) is 4. The summed E-state index contributed by atoms with van der Waals surface area (Å²) in [5, 5.41) is 8.54. The highest BCUT2D eigenvalue weighted by Crippen LogP contribution is 2.28. The molecule has 5 rings (SSSR count). The maximum Gasteiger partial charge on any atom is 0.255 e. The van der Waals surface area contributed by atoms with Gasteiger partial charge >= 0.3 is 0 Å². The first-order valence-corrected chi connectivity index (χ1v) is 15.5. The smallest absolute Gasteiger partial charge is 0.255 e. The molecule has 234 valence electrons. The Labute approximate surface area is 264 Å². The lowest BCUT2D eigenvalue weighted by Crippen LogP contribution is -2.54. The van der Waals surface area contributed by atoms with Gasteiger partial charge < -0.3 is 26.4 Å². The van der Waals surface area contributed by atoms with Crippen LogP contribution >= 0.6 is 0 Å². The van der Waals surface area contributed by atoms with Crippen LogP contribution in [0.3, 0.4) is 0 Å². The number of guanidine groups is 1. The Hall–Kier alpha value is -4.89. The largest absolute Gasteiger partial charge is 0.496 e. The van der Waals surface area contributed by atoms with Crippen LogP contribution in [0.25, 0.3) is 10.8 Å². The summed E-state index contributed by atoms with van der Waals surface area (Å²) in [6.07, 6.45) is 1.19. The Balaban J connectivity index is 1.39. The van der Waals surface area contributed by atoms with Gasteiger partial charge in [-0.2, -0.15) is 0 Å². The first kappa shape index (κ1) is 31.5. The van der Waals surface area contributed by atoms with E-state index in [1.165, 1.54) is 0 Å². The molecule has 0 bridgehead atoms. The molecule has 1 heterocycles. The van der Waals surface area contributed by atoms with Crippen molar-refractivity contribution in [3.63, 3.8) is 0 Å². The molecule has 0 aromatic heterocycles. The number of hydrogen-bond acceptors (Lipinski definition) is 5. The van der Waals surface area contributed by atoms with Crippen LogP contribution in [0, 0.1) is 0 Å². The average molecular weight is 607 g/mol.